The largest absolute Gasteiger partial charge is 0.497 e. The molecular formula is C22H23N5O4S. The van der Waals surface area contributed by atoms with Crippen molar-refractivity contribution in [2.45, 2.75) is 19.8 Å². The number of hydrogen-bond donors (Lipinski definition) is 4. The lowest BCUT2D eigenvalue weighted by atomic mass is 10.2. The number of aryl methyl sites for hydroxylation is 1. The van der Waals surface area contributed by atoms with E-state index < -0.39 is 6.03 Å². The van der Waals surface area contributed by atoms with Crippen LogP contribution in [-0.4, -0.2) is 29.9 Å². The second kappa shape index (κ2) is 10.9. The zero-order valence-electron chi connectivity index (χ0n) is 17.6. The standard InChI is InChI=1S/C22H23N5O4S/c1-14(28)23-15-3-5-16(6-4-15)24-20(29)12-9-18-13-32-22(26-18)27-21(30)25-17-7-10-19(31-2)11-8-17/h3-8,10-11,13H,9,12H2,1-2H3,(H,23,28)(H,24,29)(H2,25,26,27,30). The number of benzene rings is 2. The van der Waals surface area contributed by atoms with Crippen LogP contribution in [0.4, 0.5) is 27.0 Å². The van der Waals surface area contributed by atoms with Crippen LogP contribution in [0.3, 0.4) is 0 Å². The van der Waals surface area contributed by atoms with Crippen LogP contribution >= 0.6 is 11.3 Å². The minimum atomic E-state index is -0.406. The topological polar surface area (TPSA) is 121 Å². The Morgan fingerprint density at radius 2 is 1.47 bits per heavy atom. The van der Waals surface area contributed by atoms with Crippen LogP contribution in [0.25, 0.3) is 0 Å². The van der Waals surface area contributed by atoms with Crippen LogP contribution in [0.15, 0.2) is 53.9 Å². The molecule has 0 aliphatic carbocycles. The SMILES string of the molecule is COc1ccc(NC(=O)Nc2nc(CCC(=O)Nc3ccc(NC(C)=O)cc3)cs2)cc1. The fourth-order valence-corrected chi connectivity index (χ4v) is 3.46. The van der Waals surface area contributed by atoms with Gasteiger partial charge in [-0.1, -0.05) is 0 Å². The lowest BCUT2D eigenvalue weighted by Gasteiger charge is -2.07. The molecule has 0 fully saturated rings. The fraction of sp³-hybridized carbons (Fsp3) is 0.182. The smallest absolute Gasteiger partial charge is 0.325 e. The van der Waals surface area contributed by atoms with Gasteiger partial charge in [0, 0.05) is 35.8 Å². The van der Waals surface area contributed by atoms with E-state index in [1.165, 1.54) is 18.3 Å². The Hall–Kier alpha value is -3.92. The number of nitrogens with one attached hydrogen (secondary N) is 4. The van der Waals surface area contributed by atoms with Crippen molar-refractivity contribution in [1.29, 1.82) is 0 Å². The van der Waals surface area contributed by atoms with Crippen molar-refractivity contribution in [3.63, 3.8) is 0 Å². The van der Waals surface area contributed by atoms with Gasteiger partial charge in [-0.15, -0.1) is 11.3 Å². The number of thiazole rings is 1. The second-order valence-corrected chi connectivity index (χ2v) is 7.62. The summed E-state index contributed by atoms with van der Waals surface area (Å²) in [6.07, 6.45) is 0.683. The molecule has 3 rings (SSSR count). The van der Waals surface area contributed by atoms with Crippen molar-refractivity contribution >= 4 is 51.4 Å². The summed E-state index contributed by atoms with van der Waals surface area (Å²) in [5.74, 6) is 0.390. The average Bonchev–Trinajstić information content (AvgIpc) is 3.21. The van der Waals surface area contributed by atoms with E-state index in [-0.39, 0.29) is 18.2 Å². The van der Waals surface area contributed by atoms with Crippen LogP contribution in [0.1, 0.15) is 19.0 Å². The predicted molar refractivity (Wildman–Crippen MR) is 125 cm³/mol. The molecular weight excluding hydrogens is 430 g/mol. The predicted octanol–water partition coefficient (Wildman–Crippen LogP) is 4.33. The van der Waals surface area contributed by atoms with E-state index in [0.717, 1.165) is 0 Å². The van der Waals surface area contributed by atoms with Gasteiger partial charge in [-0.25, -0.2) is 9.78 Å². The molecule has 0 saturated heterocycles. The van der Waals surface area contributed by atoms with Crippen LogP contribution in [0.2, 0.25) is 0 Å². The second-order valence-electron chi connectivity index (χ2n) is 6.76. The molecule has 4 amide bonds. The molecule has 0 atom stereocenters. The first-order valence-electron chi connectivity index (χ1n) is 9.75. The van der Waals surface area contributed by atoms with Crippen LogP contribution in [-0.2, 0) is 16.0 Å². The Morgan fingerprint density at radius 1 is 0.875 bits per heavy atom. The number of anilines is 4. The van der Waals surface area contributed by atoms with Gasteiger partial charge in [0.25, 0.3) is 0 Å². The Kier molecular flexibility index (Phi) is 7.76. The number of aromatic nitrogens is 1. The molecule has 1 aromatic heterocycles. The van der Waals surface area contributed by atoms with Crippen molar-refractivity contribution in [1.82, 2.24) is 4.98 Å². The van der Waals surface area contributed by atoms with Crippen molar-refractivity contribution in [2.24, 2.45) is 0 Å². The number of methoxy groups -OCH3 is 1. The van der Waals surface area contributed by atoms with Gasteiger partial charge in [-0.2, -0.15) is 0 Å². The third kappa shape index (κ3) is 7.10. The molecule has 0 aliphatic rings. The first-order valence-corrected chi connectivity index (χ1v) is 10.6. The number of rotatable bonds is 8. The fourth-order valence-electron chi connectivity index (χ4n) is 2.72. The van der Waals surface area contributed by atoms with E-state index in [2.05, 4.69) is 26.3 Å². The van der Waals surface area contributed by atoms with E-state index in [4.69, 9.17) is 4.74 Å². The number of hydrogen-bond acceptors (Lipinski definition) is 6. The minimum absolute atomic E-state index is 0.155. The summed E-state index contributed by atoms with van der Waals surface area (Å²) in [7, 11) is 1.57. The summed E-state index contributed by atoms with van der Waals surface area (Å²) in [6.45, 7) is 1.43. The maximum atomic E-state index is 12.2. The van der Waals surface area contributed by atoms with Crippen molar-refractivity contribution in [3.05, 3.63) is 59.6 Å². The molecule has 166 valence electrons. The summed E-state index contributed by atoms with van der Waals surface area (Å²) in [4.78, 5) is 39.7. The lowest BCUT2D eigenvalue weighted by molar-refractivity contribution is -0.116. The first-order chi connectivity index (χ1) is 15.4. The molecule has 0 radical (unpaired) electrons. The molecule has 4 N–H and O–H groups in total. The Morgan fingerprint density at radius 3 is 2.09 bits per heavy atom. The molecule has 9 nitrogen and oxygen atoms in total. The van der Waals surface area contributed by atoms with Crippen LogP contribution in [0, 0.1) is 0 Å². The van der Waals surface area contributed by atoms with Gasteiger partial charge in [-0.05, 0) is 55.0 Å². The highest BCUT2D eigenvalue weighted by Crippen LogP contribution is 2.19. The number of amides is 4. The van der Waals surface area contributed by atoms with Gasteiger partial charge < -0.3 is 20.7 Å². The normalized spacial score (nSPS) is 10.2. The van der Waals surface area contributed by atoms with Gasteiger partial charge in [0.1, 0.15) is 5.75 Å². The quantitative estimate of drug-likeness (QED) is 0.405. The summed E-state index contributed by atoms with van der Waals surface area (Å²) in [5, 5.41) is 13.1. The molecule has 0 spiro atoms. The molecule has 3 aromatic rings. The van der Waals surface area contributed by atoms with E-state index in [0.29, 0.717) is 40.1 Å². The number of ether oxygens (including phenoxy) is 1. The summed E-state index contributed by atoms with van der Waals surface area (Å²) < 4.78 is 5.08. The van der Waals surface area contributed by atoms with Crippen LogP contribution in [0.5, 0.6) is 5.75 Å². The molecule has 2 aromatic carbocycles. The van der Waals surface area contributed by atoms with E-state index >= 15 is 0 Å². The third-order valence-electron chi connectivity index (χ3n) is 4.22. The van der Waals surface area contributed by atoms with Gasteiger partial charge in [0.2, 0.25) is 11.8 Å². The first kappa shape index (κ1) is 22.8. The molecule has 1 heterocycles. The number of carbonyl (C=O) groups is 3. The molecule has 0 saturated carbocycles. The third-order valence-corrected chi connectivity index (χ3v) is 5.02. The Bertz CT molecular complexity index is 1080. The maximum absolute atomic E-state index is 12.2. The number of urea groups is 1. The van der Waals surface area contributed by atoms with Crippen molar-refractivity contribution < 1.29 is 19.1 Å². The average molecular weight is 454 g/mol. The highest BCUT2D eigenvalue weighted by Gasteiger charge is 2.09. The zero-order valence-corrected chi connectivity index (χ0v) is 18.4. The van der Waals surface area contributed by atoms with Crippen LogP contribution < -0.4 is 26.0 Å². The lowest BCUT2D eigenvalue weighted by Crippen LogP contribution is -2.19. The molecule has 0 bridgehead atoms. The summed E-state index contributed by atoms with van der Waals surface area (Å²) in [5.41, 5.74) is 2.64. The van der Waals surface area contributed by atoms with Crippen molar-refractivity contribution in [2.75, 3.05) is 28.4 Å². The minimum Gasteiger partial charge on any atom is -0.497 e. The maximum Gasteiger partial charge on any atom is 0.325 e. The summed E-state index contributed by atoms with van der Waals surface area (Å²) in [6, 6.07) is 13.4. The van der Waals surface area contributed by atoms with E-state index in [1.807, 2.05) is 0 Å². The van der Waals surface area contributed by atoms with Gasteiger partial charge >= 0.3 is 6.03 Å². The monoisotopic (exact) mass is 453 g/mol. The molecule has 0 unspecified atom stereocenters. The van der Waals surface area contributed by atoms with Gasteiger partial charge in [-0.3, -0.25) is 14.9 Å². The van der Waals surface area contributed by atoms with Crippen molar-refractivity contribution in [3.8, 4) is 5.75 Å². The Balaban J connectivity index is 1.43. The Labute approximate surface area is 189 Å². The van der Waals surface area contributed by atoms with Gasteiger partial charge in [0.05, 0.1) is 12.8 Å². The van der Waals surface area contributed by atoms with Gasteiger partial charge in [0.15, 0.2) is 5.13 Å². The highest BCUT2D eigenvalue weighted by atomic mass is 32.1. The number of nitrogens with zero attached hydrogens (tertiary/aromatic N) is 1. The molecule has 32 heavy (non-hydrogen) atoms. The van der Waals surface area contributed by atoms with E-state index in [1.54, 1.807) is 61.0 Å². The highest BCUT2D eigenvalue weighted by molar-refractivity contribution is 7.13. The van der Waals surface area contributed by atoms with E-state index in [9.17, 15) is 14.4 Å². The zero-order chi connectivity index (χ0) is 22.9. The molecule has 10 heteroatoms. The molecule has 0 aliphatic heterocycles. The summed E-state index contributed by atoms with van der Waals surface area (Å²) >= 11 is 1.29. The number of carbonyl (C=O) groups excluding carboxylic acids is 3.